The third kappa shape index (κ3) is 2.91. The van der Waals surface area contributed by atoms with E-state index in [-0.39, 0.29) is 17.8 Å². The zero-order valence-electron chi connectivity index (χ0n) is 18.0. The highest BCUT2D eigenvalue weighted by Crippen LogP contribution is 2.67. The van der Waals surface area contributed by atoms with Crippen LogP contribution in [0.4, 0.5) is 0 Å². The number of ketones is 1. The molecule has 7 unspecified atom stereocenters. The van der Waals surface area contributed by atoms with E-state index in [1.807, 2.05) is 0 Å². The number of hydrogen-bond acceptors (Lipinski definition) is 2. The minimum Gasteiger partial charge on any atom is -0.481 e. The Morgan fingerprint density at radius 3 is 2.54 bits per heavy atom. The molecular weight excluding hydrogens is 348 g/mol. The van der Waals surface area contributed by atoms with Gasteiger partial charge >= 0.3 is 5.97 Å². The molecule has 4 rings (SSSR count). The molecule has 7 atom stereocenters. The highest BCUT2D eigenvalue weighted by atomic mass is 16.4. The van der Waals surface area contributed by atoms with Gasteiger partial charge in [0.15, 0.2) is 5.78 Å². The summed E-state index contributed by atoms with van der Waals surface area (Å²) in [7, 11) is 0. The number of Topliss-reactive ketones (excluding diaryl/α,β-unsaturated/α-hetero) is 1. The summed E-state index contributed by atoms with van der Waals surface area (Å²) in [5, 5.41) is 9.02. The maximum Gasteiger partial charge on any atom is 0.303 e. The molecule has 0 heterocycles. The van der Waals surface area contributed by atoms with Gasteiger partial charge in [0.2, 0.25) is 0 Å². The van der Waals surface area contributed by atoms with Crippen molar-refractivity contribution >= 4 is 11.8 Å². The standard InChI is InChI=1S/C25H38O3/c1-4-17-18-9-5-6-14-25(18,3)20-13-15-24(2)16(8-7-10-21(26)27)11-12-19(24)22(20)23(17)28/h4,16,18-20,22H,5-15H2,1-3H3,(H,26,27)/b17-4+. The molecule has 4 aliphatic carbocycles. The number of allylic oxidation sites excluding steroid dienone is 2. The Morgan fingerprint density at radius 2 is 1.82 bits per heavy atom. The largest absolute Gasteiger partial charge is 0.481 e. The average Bonchev–Trinajstić information content (AvgIpc) is 2.99. The highest BCUT2D eigenvalue weighted by Gasteiger charge is 2.63. The second-order valence-electron chi connectivity index (χ2n) is 10.8. The lowest BCUT2D eigenvalue weighted by Crippen LogP contribution is -2.57. The summed E-state index contributed by atoms with van der Waals surface area (Å²) in [5.41, 5.74) is 1.69. The fraction of sp³-hybridized carbons (Fsp3) is 0.840. The molecule has 0 spiro atoms. The van der Waals surface area contributed by atoms with Crippen molar-refractivity contribution in [3.05, 3.63) is 11.6 Å². The van der Waals surface area contributed by atoms with Crippen LogP contribution in [-0.4, -0.2) is 16.9 Å². The van der Waals surface area contributed by atoms with Crippen molar-refractivity contribution in [1.82, 2.24) is 0 Å². The third-order valence-corrected chi connectivity index (χ3v) is 9.79. The van der Waals surface area contributed by atoms with E-state index in [1.54, 1.807) is 0 Å². The maximum absolute atomic E-state index is 13.7. The van der Waals surface area contributed by atoms with E-state index < -0.39 is 5.97 Å². The first-order chi connectivity index (χ1) is 13.3. The van der Waals surface area contributed by atoms with Crippen LogP contribution < -0.4 is 0 Å². The molecule has 0 aromatic rings. The van der Waals surface area contributed by atoms with Gasteiger partial charge in [-0.25, -0.2) is 0 Å². The van der Waals surface area contributed by atoms with Gasteiger partial charge in [-0.2, -0.15) is 0 Å². The molecule has 0 amide bonds. The van der Waals surface area contributed by atoms with Crippen LogP contribution in [0.2, 0.25) is 0 Å². The Morgan fingerprint density at radius 1 is 1.07 bits per heavy atom. The lowest BCUT2D eigenvalue weighted by atomic mass is 9.43. The Balaban J connectivity index is 1.61. The number of carboxylic acid groups (broad SMARTS) is 1. The number of hydrogen-bond donors (Lipinski definition) is 1. The fourth-order valence-corrected chi connectivity index (χ4v) is 8.35. The van der Waals surface area contributed by atoms with Crippen molar-refractivity contribution in [3.8, 4) is 0 Å². The first-order valence-electron chi connectivity index (χ1n) is 11.7. The minimum atomic E-state index is -0.681. The Bertz CT molecular complexity index is 679. The van der Waals surface area contributed by atoms with Crippen LogP contribution in [-0.2, 0) is 9.59 Å². The van der Waals surface area contributed by atoms with E-state index in [0.717, 1.165) is 18.4 Å². The number of carbonyl (C=O) groups is 2. The van der Waals surface area contributed by atoms with Gasteiger partial charge < -0.3 is 5.11 Å². The predicted octanol–water partition coefficient (Wildman–Crippen LogP) is 6.03. The van der Waals surface area contributed by atoms with Gasteiger partial charge in [-0.3, -0.25) is 9.59 Å². The van der Waals surface area contributed by atoms with Crippen LogP contribution in [0.3, 0.4) is 0 Å². The first kappa shape index (κ1) is 20.2. The van der Waals surface area contributed by atoms with Crippen LogP contribution in [0.5, 0.6) is 0 Å². The van der Waals surface area contributed by atoms with Crippen LogP contribution in [0.1, 0.15) is 91.4 Å². The summed E-state index contributed by atoms with van der Waals surface area (Å²) in [6.07, 6.45) is 14.1. The second-order valence-corrected chi connectivity index (χ2v) is 10.8. The molecule has 156 valence electrons. The fourth-order valence-electron chi connectivity index (χ4n) is 8.35. The van der Waals surface area contributed by atoms with Gasteiger partial charge in [0.1, 0.15) is 0 Å². The van der Waals surface area contributed by atoms with Crippen LogP contribution >= 0.6 is 0 Å². The number of carbonyl (C=O) groups excluding carboxylic acids is 1. The number of fused-ring (bicyclic) bond motifs is 5. The summed E-state index contributed by atoms with van der Waals surface area (Å²) in [6, 6.07) is 0. The Labute approximate surface area is 170 Å². The lowest BCUT2D eigenvalue weighted by Gasteiger charge is -2.60. The van der Waals surface area contributed by atoms with Crippen molar-refractivity contribution in [2.75, 3.05) is 0 Å². The van der Waals surface area contributed by atoms with Gasteiger partial charge in [-0.05, 0) is 98.4 Å². The van der Waals surface area contributed by atoms with E-state index in [0.29, 0.717) is 34.9 Å². The summed E-state index contributed by atoms with van der Waals surface area (Å²) < 4.78 is 0. The van der Waals surface area contributed by atoms with Crippen LogP contribution in [0, 0.1) is 40.4 Å². The van der Waals surface area contributed by atoms with Crippen molar-refractivity contribution < 1.29 is 14.7 Å². The minimum absolute atomic E-state index is 0.216. The molecule has 1 N–H and O–H groups in total. The van der Waals surface area contributed by atoms with Crippen molar-refractivity contribution in [2.45, 2.75) is 91.4 Å². The SMILES string of the molecule is C/C=C1/C(=O)C2C3CCC(CCCC(=O)O)C3(C)CCC2C2(C)CCCCC12. The van der Waals surface area contributed by atoms with E-state index in [9.17, 15) is 9.59 Å². The van der Waals surface area contributed by atoms with Gasteiger partial charge in [-0.15, -0.1) is 0 Å². The molecule has 4 saturated carbocycles. The number of aliphatic carboxylic acids is 1. The smallest absolute Gasteiger partial charge is 0.303 e. The number of carboxylic acids is 1. The molecule has 0 saturated heterocycles. The zero-order chi connectivity index (χ0) is 20.1. The molecule has 0 bridgehead atoms. The van der Waals surface area contributed by atoms with Gasteiger partial charge in [0, 0.05) is 12.3 Å². The Kier molecular flexibility index (Phi) is 5.25. The van der Waals surface area contributed by atoms with Crippen molar-refractivity contribution in [2.24, 2.45) is 40.4 Å². The van der Waals surface area contributed by atoms with Gasteiger partial charge in [0.25, 0.3) is 0 Å². The summed E-state index contributed by atoms with van der Waals surface area (Å²) in [5.74, 6) is 2.16. The second kappa shape index (κ2) is 7.29. The summed E-state index contributed by atoms with van der Waals surface area (Å²) in [4.78, 5) is 24.7. The monoisotopic (exact) mass is 386 g/mol. The van der Waals surface area contributed by atoms with Crippen LogP contribution in [0.15, 0.2) is 11.6 Å². The van der Waals surface area contributed by atoms with Crippen LogP contribution in [0.25, 0.3) is 0 Å². The number of rotatable bonds is 4. The molecule has 4 aliphatic rings. The molecule has 28 heavy (non-hydrogen) atoms. The van der Waals surface area contributed by atoms with E-state index in [2.05, 4.69) is 26.8 Å². The van der Waals surface area contributed by atoms with Crippen molar-refractivity contribution in [1.29, 1.82) is 0 Å². The molecule has 0 aliphatic heterocycles. The molecule has 0 aromatic heterocycles. The summed E-state index contributed by atoms with van der Waals surface area (Å²) in [6.45, 7) is 7.02. The average molecular weight is 387 g/mol. The predicted molar refractivity (Wildman–Crippen MR) is 111 cm³/mol. The van der Waals surface area contributed by atoms with E-state index >= 15 is 0 Å². The normalized spacial score (nSPS) is 46.8. The molecule has 0 aromatic carbocycles. The Hall–Kier alpha value is -1.12. The molecule has 3 heteroatoms. The molecule has 0 radical (unpaired) electrons. The first-order valence-corrected chi connectivity index (χ1v) is 11.7. The summed E-state index contributed by atoms with van der Waals surface area (Å²) >= 11 is 0. The van der Waals surface area contributed by atoms with Crippen molar-refractivity contribution in [3.63, 3.8) is 0 Å². The zero-order valence-corrected chi connectivity index (χ0v) is 18.0. The van der Waals surface area contributed by atoms with E-state index in [1.165, 1.54) is 51.4 Å². The molecule has 4 fully saturated rings. The van der Waals surface area contributed by atoms with Gasteiger partial charge in [0.05, 0.1) is 0 Å². The van der Waals surface area contributed by atoms with E-state index in [4.69, 9.17) is 5.11 Å². The quantitative estimate of drug-likeness (QED) is 0.601. The molecule has 3 nitrogen and oxygen atoms in total. The maximum atomic E-state index is 13.7. The van der Waals surface area contributed by atoms with Gasteiger partial charge in [-0.1, -0.05) is 32.8 Å². The third-order valence-electron chi connectivity index (χ3n) is 9.79. The topological polar surface area (TPSA) is 54.4 Å². The highest BCUT2D eigenvalue weighted by molar-refractivity contribution is 5.99. The lowest BCUT2D eigenvalue weighted by molar-refractivity contribution is -0.145. The molecular formula is C25H38O3.